The van der Waals surface area contributed by atoms with Gasteiger partial charge in [0.25, 0.3) is 0 Å². The summed E-state index contributed by atoms with van der Waals surface area (Å²) in [6.45, 7) is 5.04. The Bertz CT molecular complexity index is 1030. The number of aryl methyl sites for hydroxylation is 1. The Kier molecular flexibility index (Phi) is 13.9. The summed E-state index contributed by atoms with van der Waals surface area (Å²) >= 11 is 0. The second-order valence-corrected chi connectivity index (χ2v) is 10.5. The molecule has 0 aliphatic heterocycles. The molecular weight excluding hydrogens is 471 g/mol. The first-order valence-electron chi connectivity index (χ1n) is 15.0. The topological polar surface area (TPSA) is 35.0 Å². The molecule has 1 aromatic heterocycles. The Hall–Kier alpha value is -2.75. The highest BCUT2D eigenvalue weighted by Crippen LogP contribution is 2.26. The molecule has 4 heteroatoms. The molecule has 0 amide bonds. The number of benzene rings is 2. The molecule has 2 aromatic carbocycles. The molecular formula is C34H47FN2O. The van der Waals surface area contributed by atoms with Gasteiger partial charge in [-0.25, -0.2) is 4.39 Å². The van der Waals surface area contributed by atoms with Crippen LogP contribution in [0.1, 0.15) is 109 Å². The number of ether oxygens (including phenoxy) is 1. The van der Waals surface area contributed by atoms with E-state index in [1.807, 2.05) is 6.07 Å². The molecule has 0 fully saturated rings. The van der Waals surface area contributed by atoms with E-state index in [0.717, 1.165) is 30.5 Å². The lowest BCUT2D eigenvalue weighted by molar-refractivity contribution is 0.290. The summed E-state index contributed by atoms with van der Waals surface area (Å²) in [5, 5.41) is 0. The van der Waals surface area contributed by atoms with Gasteiger partial charge in [0.15, 0.2) is 11.6 Å². The van der Waals surface area contributed by atoms with E-state index in [0.29, 0.717) is 23.6 Å². The zero-order valence-electron chi connectivity index (χ0n) is 23.7. The fourth-order valence-corrected chi connectivity index (χ4v) is 4.77. The van der Waals surface area contributed by atoms with Gasteiger partial charge in [0.05, 0.1) is 30.4 Å². The summed E-state index contributed by atoms with van der Waals surface area (Å²) in [7, 11) is 0. The first-order valence-corrected chi connectivity index (χ1v) is 15.0. The molecule has 38 heavy (non-hydrogen) atoms. The standard InChI is InChI=1S/C34H47FN2O/c1-3-5-7-9-11-13-15-17-28-18-20-29(21-19-28)32-26-37-33(27-36-32)30-22-23-34(31(35)25-30)38-24-16-14-12-10-8-6-4-2/h18-23,25-27H,3-17,24H2,1-2H3. The molecule has 206 valence electrons. The van der Waals surface area contributed by atoms with Crippen LogP contribution in [0, 0.1) is 5.82 Å². The van der Waals surface area contributed by atoms with Crippen LogP contribution in [-0.4, -0.2) is 16.6 Å². The van der Waals surface area contributed by atoms with E-state index in [1.165, 1.54) is 88.7 Å². The van der Waals surface area contributed by atoms with Crippen LogP contribution in [0.15, 0.2) is 54.9 Å². The van der Waals surface area contributed by atoms with Crippen LogP contribution in [0.5, 0.6) is 5.75 Å². The van der Waals surface area contributed by atoms with E-state index in [9.17, 15) is 4.39 Å². The van der Waals surface area contributed by atoms with Crippen LogP contribution in [-0.2, 0) is 6.42 Å². The van der Waals surface area contributed by atoms with Crippen LogP contribution in [0.25, 0.3) is 22.5 Å². The van der Waals surface area contributed by atoms with Gasteiger partial charge >= 0.3 is 0 Å². The van der Waals surface area contributed by atoms with Crippen molar-refractivity contribution in [3.05, 3.63) is 66.2 Å². The third-order valence-electron chi connectivity index (χ3n) is 7.20. The van der Waals surface area contributed by atoms with Crippen LogP contribution in [0.3, 0.4) is 0 Å². The van der Waals surface area contributed by atoms with Gasteiger partial charge in [0.2, 0.25) is 0 Å². The minimum atomic E-state index is -0.354. The normalized spacial score (nSPS) is 11.1. The van der Waals surface area contributed by atoms with Gasteiger partial charge in [-0.1, -0.05) is 115 Å². The minimum absolute atomic E-state index is 0.306. The van der Waals surface area contributed by atoms with Crippen molar-refractivity contribution in [3.8, 4) is 28.3 Å². The third kappa shape index (κ3) is 10.6. The monoisotopic (exact) mass is 518 g/mol. The van der Waals surface area contributed by atoms with Gasteiger partial charge in [-0.15, -0.1) is 0 Å². The number of halogens is 1. The predicted octanol–water partition coefficient (Wildman–Crippen LogP) is 10.4. The van der Waals surface area contributed by atoms with E-state index >= 15 is 0 Å². The Balaban J connectivity index is 1.44. The van der Waals surface area contributed by atoms with Gasteiger partial charge in [-0.2, -0.15) is 0 Å². The van der Waals surface area contributed by atoms with Gasteiger partial charge in [-0.05, 0) is 43.0 Å². The molecule has 0 atom stereocenters. The lowest BCUT2D eigenvalue weighted by Gasteiger charge is -2.09. The molecule has 0 radical (unpaired) electrons. The second-order valence-electron chi connectivity index (χ2n) is 10.5. The SMILES string of the molecule is CCCCCCCCCOc1ccc(-c2cnc(-c3ccc(CCCCCCCCC)cc3)cn2)cc1F. The molecule has 0 saturated heterocycles. The highest BCUT2D eigenvalue weighted by molar-refractivity contribution is 5.63. The quantitative estimate of drug-likeness (QED) is 0.148. The summed E-state index contributed by atoms with van der Waals surface area (Å²) < 4.78 is 20.3. The number of hydrogen-bond donors (Lipinski definition) is 0. The molecule has 0 unspecified atom stereocenters. The van der Waals surface area contributed by atoms with Crippen molar-refractivity contribution in [1.82, 2.24) is 9.97 Å². The van der Waals surface area contributed by atoms with Gasteiger partial charge in [0, 0.05) is 11.1 Å². The summed E-state index contributed by atoms with van der Waals surface area (Å²) in [4.78, 5) is 9.16. The molecule has 3 aromatic rings. The molecule has 0 aliphatic rings. The van der Waals surface area contributed by atoms with Crippen molar-refractivity contribution in [2.45, 2.75) is 110 Å². The smallest absolute Gasteiger partial charge is 0.165 e. The van der Waals surface area contributed by atoms with Crippen LogP contribution >= 0.6 is 0 Å². The highest BCUT2D eigenvalue weighted by Gasteiger charge is 2.09. The number of rotatable bonds is 19. The summed E-state index contributed by atoms with van der Waals surface area (Å²) in [6, 6.07) is 13.7. The maximum atomic E-state index is 14.6. The first kappa shape index (κ1) is 29.8. The van der Waals surface area contributed by atoms with Crippen molar-refractivity contribution in [3.63, 3.8) is 0 Å². The van der Waals surface area contributed by atoms with Crippen LogP contribution in [0.4, 0.5) is 4.39 Å². The first-order chi connectivity index (χ1) is 18.7. The lowest BCUT2D eigenvalue weighted by atomic mass is 10.0. The summed E-state index contributed by atoms with van der Waals surface area (Å²) in [6.07, 6.45) is 22.4. The van der Waals surface area contributed by atoms with Crippen molar-refractivity contribution in [2.75, 3.05) is 6.61 Å². The fraction of sp³-hybridized carbons (Fsp3) is 0.529. The average Bonchev–Trinajstić information content (AvgIpc) is 2.95. The summed E-state index contributed by atoms with van der Waals surface area (Å²) in [5.74, 6) is -0.0474. The minimum Gasteiger partial charge on any atom is -0.491 e. The fourth-order valence-electron chi connectivity index (χ4n) is 4.77. The molecule has 0 N–H and O–H groups in total. The predicted molar refractivity (Wildman–Crippen MR) is 158 cm³/mol. The molecule has 3 rings (SSSR count). The van der Waals surface area contributed by atoms with E-state index in [4.69, 9.17) is 4.74 Å². The second kappa shape index (κ2) is 17.7. The molecule has 0 bridgehead atoms. The zero-order chi connectivity index (χ0) is 26.8. The number of aromatic nitrogens is 2. The average molecular weight is 519 g/mol. The third-order valence-corrected chi connectivity index (χ3v) is 7.20. The van der Waals surface area contributed by atoms with E-state index in [1.54, 1.807) is 18.5 Å². The Morgan fingerprint density at radius 1 is 0.605 bits per heavy atom. The summed E-state index contributed by atoms with van der Waals surface area (Å²) in [5.41, 5.74) is 4.60. The van der Waals surface area contributed by atoms with Crippen molar-refractivity contribution < 1.29 is 9.13 Å². The van der Waals surface area contributed by atoms with E-state index < -0.39 is 0 Å². The Morgan fingerprint density at radius 3 is 1.71 bits per heavy atom. The van der Waals surface area contributed by atoms with Crippen molar-refractivity contribution in [2.24, 2.45) is 0 Å². The number of hydrogen-bond acceptors (Lipinski definition) is 3. The molecule has 0 spiro atoms. The van der Waals surface area contributed by atoms with Gasteiger partial charge in [0.1, 0.15) is 0 Å². The van der Waals surface area contributed by atoms with Crippen molar-refractivity contribution in [1.29, 1.82) is 0 Å². The molecule has 0 saturated carbocycles. The lowest BCUT2D eigenvalue weighted by Crippen LogP contribution is -1.99. The van der Waals surface area contributed by atoms with Crippen molar-refractivity contribution >= 4 is 0 Å². The van der Waals surface area contributed by atoms with Crippen LogP contribution < -0.4 is 4.74 Å². The molecule has 0 aliphatic carbocycles. The van der Waals surface area contributed by atoms with Gasteiger partial charge < -0.3 is 4.74 Å². The molecule has 1 heterocycles. The van der Waals surface area contributed by atoms with Gasteiger partial charge in [-0.3, -0.25) is 9.97 Å². The largest absolute Gasteiger partial charge is 0.491 e. The van der Waals surface area contributed by atoms with E-state index in [-0.39, 0.29) is 5.82 Å². The Morgan fingerprint density at radius 2 is 1.13 bits per heavy atom. The number of unbranched alkanes of at least 4 members (excludes halogenated alkanes) is 12. The highest BCUT2D eigenvalue weighted by atomic mass is 19.1. The zero-order valence-corrected chi connectivity index (χ0v) is 23.7. The molecule has 3 nitrogen and oxygen atoms in total. The Labute approximate surface area is 230 Å². The number of nitrogens with zero attached hydrogens (tertiary/aromatic N) is 2. The maximum absolute atomic E-state index is 14.6. The van der Waals surface area contributed by atoms with E-state index in [2.05, 4.69) is 48.1 Å². The van der Waals surface area contributed by atoms with Crippen LogP contribution in [0.2, 0.25) is 0 Å². The maximum Gasteiger partial charge on any atom is 0.165 e.